The van der Waals surface area contributed by atoms with Crippen molar-refractivity contribution >= 4 is 23.4 Å². The number of nitrogens with zero attached hydrogens (tertiary/aromatic N) is 2. The zero-order valence-corrected chi connectivity index (χ0v) is 23.6. The summed E-state index contributed by atoms with van der Waals surface area (Å²) < 4.78 is 11.1. The molecule has 1 heterocycles. The molecular weight excluding hydrogens is 506 g/mol. The van der Waals surface area contributed by atoms with Gasteiger partial charge in [-0.25, -0.2) is 4.98 Å². The van der Waals surface area contributed by atoms with Crippen molar-refractivity contribution in [2.45, 2.75) is 37.5 Å². The number of carbonyl (C=O) groups excluding carboxylic acids is 1. The van der Waals surface area contributed by atoms with E-state index in [0.717, 1.165) is 22.4 Å². The summed E-state index contributed by atoms with van der Waals surface area (Å²) >= 11 is 1.30. The maximum absolute atomic E-state index is 13.4. The minimum Gasteiger partial charge on any atom is -0.497 e. The van der Waals surface area contributed by atoms with Crippen LogP contribution in [-0.4, -0.2) is 30.4 Å². The fraction of sp³-hybridized carbons (Fsp3) is 0.219. The van der Waals surface area contributed by atoms with Crippen molar-refractivity contribution in [3.63, 3.8) is 0 Å². The van der Waals surface area contributed by atoms with Gasteiger partial charge in [0.1, 0.15) is 22.6 Å². The minimum absolute atomic E-state index is 0.134. The minimum atomic E-state index is -0.462. The van der Waals surface area contributed by atoms with Crippen LogP contribution in [0.4, 0.5) is 5.69 Å². The number of methoxy groups -OCH3 is 2. The lowest BCUT2D eigenvalue weighted by Crippen LogP contribution is -2.25. The highest BCUT2D eigenvalue weighted by Crippen LogP contribution is 2.41. The van der Waals surface area contributed by atoms with Crippen molar-refractivity contribution in [2.24, 2.45) is 0 Å². The Morgan fingerprint density at radius 1 is 1.00 bits per heavy atom. The predicted octanol–water partition coefficient (Wildman–Crippen LogP) is 7.43. The molecule has 6 nitrogen and oxygen atoms in total. The summed E-state index contributed by atoms with van der Waals surface area (Å²) in [6.45, 7) is 5.95. The summed E-state index contributed by atoms with van der Waals surface area (Å²) in [5, 5.41) is 13.4. The second-order valence-electron chi connectivity index (χ2n) is 9.10. The third-order valence-corrected chi connectivity index (χ3v) is 7.77. The number of hydrogen-bond acceptors (Lipinski definition) is 6. The first-order chi connectivity index (χ1) is 18.9. The summed E-state index contributed by atoms with van der Waals surface area (Å²) in [5.41, 5.74) is 6.26. The van der Waals surface area contributed by atoms with Crippen molar-refractivity contribution in [2.75, 3.05) is 19.5 Å². The molecule has 0 fully saturated rings. The molecule has 1 amide bonds. The molecule has 0 aliphatic carbocycles. The Balaban J connectivity index is 1.82. The van der Waals surface area contributed by atoms with E-state index in [0.29, 0.717) is 45.3 Å². The Morgan fingerprint density at radius 2 is 1.77 bits per heavy atom. The number of rotatable bonds is 9. The molecule has 0 saturated carbocycles. The van der Waals surface area contributed by atoms with Crippen LogP contribution >= 0.6 is 11.8 Å². The second-order valence-corrected chi connectivity index (χ2v) is 10.3. The van der Waals surface area contributed by atoms with Gasteiger partial charge in [0.05, 0.1) is 30.7 Å². The third kappa shape index (κ3) is 6.24. The largest absolute Gasteiger partial charge is 0.497 e. The fourth-order valence-corrected chi connectivity index (χ4v) is 5.36. The molecule has 4 rings (SSSR count). The number of amides is 1. The molecule has 0 spiro atoms. The Hall–Kier alpha value is -4.28. The number of thioether (sulfide) groups is 1. The molecule has 0 saturated heterocycles. The molecular formula is C32H31N3O3S. The number of hydrogen-bond donors (Lipinski definition) is 1. The van der Waals surface area contributed by atoms with Gasteiger partial charge in [0, 0.05) is 22.4 Å². The van der Waals surface area contributed by atoms with Gasteiger partial charge in [0.2, 0.25) is 5.91 Å². The fourth-order valence-electron chi connectivity index (χ4n) is 4.33. The number of nitrogens with one attached hydrogen (secondary N) is 1. The Bertz CT molecular complexity index is 1530. The number of carbonyl (C=O) groups is 1. The number of benzene rings is 3. The monoisotopic (exact) mass is 537 g/mol. The van der Waals surface area contributed by atoms with E-state index in [9.17, 15) is 10.1 Å². The van der Waals surface area contributed by atoms with Crippen molar-refractivity contribution < 1.29 is 14.3 Å². The summed E-state index contributed by atoms with van der Waals surface area (Å²) in [6.07, 6.45) is 0.557. The molecule has 4 aromatic rings. The molecule has 1 atom stereocenters. The van der Waals surface area contributed by atoms with Crippen LogP contribution in [0, 0.1) is 25.2 Å². The first-order valence-corrected chi connectivity index (χ1v) is 13.5. The molecule has 198 valence electrons. The van der Waals surface area contributed by atoms with Gasteiger partial charge in [0.15, 0.2) is 0 Å². The SMILES string of the molecule is CCC(Sc1nc(-c2ccccc2)cc(-c2cc(OC)ccc2OC)c1C#N)C(=O)Nc1ccc(C)cc1C. The van der Waals surface area contributed by atoms with E-state index in [1.165, 1.54) is 11.8 Å². The number of aryl methyl sites for hydroxylation is 2. The first-order valence-electron chi connectivity index (χ1n) is 12.7. The predicted molar refractivity (Wildman–Crippen MR) is 157 cm³/mol. The van der Waals surface area contributed by atoms with Gasteiger partial charge in [-0.2, -0.15) is 5.26 Å². The summed E-state index contributed by atoms with van der Waals surface area (Å²) in [4.78, 5) is 18.3. The van der Waals surface area contributed by atoms with Crippen LogP contribution in [-0.2, 0) is 4.79 Å². The Labute approximate surface area is 234 Å². The van der Waals surface area contributed by atoms with Crippen LogP contribution in [0.15, 0.2) is 77.8 Å². The van der Waals surface area contributed by atoms with Crippen LogP contribution in [0.5, 0.6) is 11.5 Å². The van der Waals surface area contributed by atoms with Gasteiger partial charge >= 0.3 is 0 Å². The van der Waals surface area contributed by atoms with E-state index in [-0.39, 0.29) is 5.91 Å². The molecule has 1 aromatic heterocycles. The molecule has 0 radical (unpaired) electrons. The first kappa shape index (κ1) is 27.7. The molecule has 7 heteroatoms. The van der Waals surface area contributed by atoms with Gasteiger partial charge in [-0.1, -0.05) is 66.7 Å². The average Bonchev–Trinajstić information content (AvgIpc) is 2.96. The summed E-state index contributed by atoms with van der Waals surface area (Å²) in [5.74, 6) is 1.11. The zero-order valence-electron chi connectivity index (χ0n) is 22.7. The summed E-state index contributed by atoms with van der Waals surface area (Å²) in [7, 11) is 3.19. The highest BCUT2D eigenvalue weighted by molar-refractivity contribution is 8.00. The quantitative estimate of drug-likeness (QED) is 0.224. The Kier molecular flexibility index (Phi) is 8.90. The van der Waals surface area contributed by atoms with Crippen molar-refractivity contribution in [3.05, 3.63) is 89.5 Å². The zero-order chi connectivity index (χ0) is 27.9. The number of aromatic nitrogens is 1. The van der Waals surface area contributed by atoms with Crippen LogP contribution in [0.25, 0.3) is 22.4 Å². The number of nitriles is 1. The lowest BCUT2D eigenvalue weighted by Gasteiger charge is -2.19. The van der Waals surface area contributed by atoms with E-state index in [4.69, 9.17) is 14.5 Å². The normalized spacial score (nSPS) is 11.4. The van der Waals surface area contributed by atoms with E-state index >= 15 is 0 Å². The highest BCUT2D eigenvalue weighted by Gasteiger charge is 2.25. The van der Waals surface area contributed by atoms with Crippen LogP contribution in [0.1, 0.15) is 30.0 Å². The molecule has 0 bridgehead atoms. The van der Waals surface area contributed by atoms with E-state index in [1.807, 2.05) is 93.6 Å². The van der Waals surface area contributed by atoms with Gasteiger partial charge in [0.25, 0.3) is 0 Å². The molecule has 1 unspecified atom stereocenters. The van der Waals surface area contributed by atoms with Crippen LogP contribution in [0.2, 0.25) is 0 Å². The highest BCUT2D eigenvalue weighted by atomic mass is 32.2. The molecule has 0 aliphatic heterocycles. The van der Waals surface area contributed by atoms with E-state index < -0.39 is 5.25 Å². The topological polar surface area (TPSA) is 84.2 Å². The lowest BCUT2D eigenvalue weighted by atomic mass is 9.98. The average molecular weight is 538 g/mol. The number of ether oxygens (including phenoxy) is 2. The van der Waals surface area contributed by atoms with Gasteiger partial charge in [-0.05, 0) is 56.2 Å². The molecule has 1 N–H and O–H groups in total. The molecule has 3 aromatic carbocycles. The lowest BCUT2D eigenvalue weighted by molar-refractivity contribution is -0.115. The van der Waals surface area contributed by atoms with Crippen LogP contribution in [0.3, 0.4) is 0 Å². The second kappa shape index (κ2) is 12.5. The molecule has 39 heavy (non-hydrogen) atoms. The van der Waals surface area contributed by atoms with Crippen molar-refractivity contribution in [1.82, 2.24) is 4.98 Å². The van der Waals surface area contributed by atoms with E-state index in [1.54, 1.807) is 14.2 Å². The van der Waals surface area contributed by atoms with Crippen molar-refractivity contribution in [1.29, 1.82) is 5.26 Å². The van der Waals surface area contributed by atoms with Crippen LogP contribution < -0.4 is 14.8 Å². The third-order valence-electron chi connectivity index (χ3n) is 6.42. The summed E-state index contributed by atoms with van der Waals surface area (Å²) in [6, 6.07) is 25.4. The standard InChI is InChI=1S/C32H31N3O3S/c1-6-30(31(36)34-27-14-12-20(2)16-21(27)3)39-32-26(19-33)24(18-28(35-32)22-10-8-7-9-11-22)25-17-23(37-4)13-15-29(25)38-5/h7-18,30H,6H2,1-5H3,(H,34,36). The maximum atomic E-state index is 13.4. The van der Waals surface area contributed by atoms with E-state index in [2.05, 4.69) is 11.4 Å². The number of anilines is 1. The van der Waals surface area contributed by atoms with Gasteiger partial charge < -0.3 is 14.8 Å². The van der Waals surface area contributed by atoms with Gasteiger partial charge in [-0.3, -0.25) is 4.79 Å². The molecule has 0 aliphatic rings. The smallest absolute Gasteiger partial charge is 0.237 e. The number of pyridine rings is 1. The van der Waals surface area contributed by atoms with Crippen molar-refractivity contribution in [3.8, 4) is 40.0 Å². The Morgan fingerprint density at radius 3 is 2.41 bits per heavy atom. The van der Waals surface area contributed by atoms with Gasteiger partial charge in [-0.15, -0.1) is 0 Å². The maximum Gasteiger partial charge on any atom is 0.237 e.